The van der Waals surface area contributed by atoms with Crippen molar-refractivity contribution in [2.45, 2.75) is 38.5 Å². The maximum atomic E-state index is 6.04. The molecule has 120 valence electrons. The van der Waals surface area contributed by atoms with E-state index in [0.717, 1.165) is 24.2 Å². The lowest BCUT2D eigenvalue weighted by Gasteiger charge is -2.28. The number of ether oxygens (including phenoxy) is 1. The number of hydrogen-bond acceptors (Lipinski definition) is 4. The van der Waals surface area contributed by atoms with Crippen molar-refractivity contribution < 1.29 is 4.74 Å². The number of nitrogens with one attached hydrogen (secondary N) is 1. The Labute approximate surface area is 136 Å². The van der Waals surface area contributed by atoms with Crippen molar-refractivity contribution in [1.82, 2.24) is 20.0 Å². The minimum atomic E-state index is 0.177. The Morgan fingerprint density at radius 3 is 2.76 bits per heavy atom. The van der Waals surface area contributed by atoms with Gasteiger partial charge in [0.15, 0.2) is 0 Å². The first kappa shape index (κ1) is 16.9. The predicted octanol–water partition coefficient (Wildman–Crippen LogP) is 2.28. The molecular formula is C15H27BrN4O. The summed E-state index contributed by atoms with van der Waals surface area (Å²) in [6.45, 7) is 4.68. The Morgan fingerprint density at radius 1 is 1.52 bits per heavy atom. The smallest absolute Gasteiger partial charge is 0.0813 e. The molecule has 0 bridgehead atoms. The Bertz CT molecular complexity index is 445. The minimum absolute atomic E-state index is 0.177. The van der Waals surface area contributed by atoms with E-state index in [1.54, 1.807) is 0 Å². The van der Waals surface area contributed by atoms with Crippen LogP contribution in [0.5, 0.6) is 0 Å². The van der Waals surface area contributed by atoms with Gasteiger partial charge in [-0.15, -0.1) is 0 Å². The third kappa shape index (κ3) is 4.28. The lowest BCUT2D eigenvalue weighted by molar-refractivity contribution is 0.0180. The summed E-state index contributed by atoms with van der Waals surface area (Å²) in [6, 6.07) is 0.177. The van der Waals surface area contributed by atoms with E-state index < -0.39 is 0 Å². The molecule has 5 nitrogen and oxygen atoms in total. The molecule has 2 unspecified atom stereocenters. The molecule has 0 radical (unpaired) electrons. The van der Waals surface area contributed by atoms with E-state index in [-0.39, 0.29) is 12.1 Å². The van der Waals surface area contributed by atoms with Crippen LogP contribution in [0.15, 0.2) is 10.7 Å². The van der Waals surface area contributed by atoms with Gasteiger partial charge in [0.1, 0.15) is 0 Å². The highest BCUT2D eigenvalue weighted by Gasteiger charge is 2.39. The lowest BCUT2D eigenvalue weighted by atomic mass is 10.0. The fourth-order valence-corrected chi connectivity index (χ4v) is 3.28. The number of nitrogens with zero attached hydrogens (tertiary/aromatic N) is 3. The fraction of sp³-hybridized carbons (Fsp3) is 0.800. The zero-order chi connectivity index (χ0) is 15.4. The van der Waals surface area contributed by atoms with Gasteiger partial charge in [-0.1, -0.05) is 0 Å². The van der Waals surface area contributed by atoms with E-state index in [0.29, 0.717) is 5.92 Å². The molecule has 1 aliphatic rings. The van der Waals surface area contributed by atoms with Crippen LogP contribution in [0.4, 0.5) is 0 Å². The molecule has 0 aliphatic heterocycles. The van der Waals surface area contributed by atoms with E-state index in [1.807, 2.05) is 13.2 Å². The maximum absolute atomic E-state index is 6.04. The molecule has 0 amide bonds. The Balaban J connectivity index is 2.21. The number of rotatable bonds is 9. The van der Waals surface area contributed by atoms with Gasteiger partial charge in [-0.05, 0) is 62.8 Å². The normalized spacial score (nSPS) is 18.2. The van der Waals surface area contributed by atoms with E-state index in [2.05, 4.69) is 56.9 Å². The molecule has 1 aromatic rings. The fourth-order valence-electron chi connectivity index (χ4n) is 2.73. The third-order valence-corrected chi connectivity index (χ3v) is 4.58. The summed E-state index contributed by atoms with van der Waals surface area (Å²) in [7, 11) is 6.18. The third-order valence-electron chi connectivity index (χ3n) is 3.97. The first-order valence-electron chi connectivity index (χ1n) is 7.73. The van der Waals surface area contributed by atoms with Crippen LogP contribution in [0.25, 0.3) is 0 Å². The summed E-state index contributed by atoms with van der Waals surface area (Å²) in [6.07, 6.45) is 4.66. The van der Waals surface area contributed by atoms with Crippen LogP contribution in [-0.2, 0) is 11.3 Å². The molecule has 2 atom stereocenters. The average molecular weight is 359 g/mol. The summed E-state index contributed by atoms with van der Waals surface area (Å²) < 4.78 is 9.20. The zero-order valence-electron chi connectivity index (χ0n) is 13.5. The van der Waals surface area contributed by atoms with E-state index in [9.17, 15) is 0 Å². The minimum Gasteiger partial charge on any atom is -0.376 e. The van der Waals surface area contributed by atoms with Crippen LogP contribution >= 0.6 is 15.9 Å². The van der Waals surface area contributed by atoms with Crippen molar-refractivity contribution in [2.24, 2.45) is 5.92 Å². The summed E-state index contributed by atoms with van der Waals surface area (Å²) in [5.74, 6) is 0.673. The molecule has 2 rings (SSSR count). The molecular weight excluding hydrogens is 332 g/mol. The molecule has 1 aliphatic carbocycles. The molecule has 1 saturated carbocycles. The lowest BCUT2D eigenvalue weighted by Crippen LogP contribution is -2.36. The molecule has 1 aromatic heterocycles. The van der Waals surface area contributed by atoms with Gasteiger partial charge in [0.2, 0.25) is 0 Å². The van der Waals surface area contributed by atoms with E-state index >= 15 is 0 Å². The summed E-state index contributed by atoms with van der Waals surface area (Å²) in [4.78, 5) is 2.18. The highest BCUT2D eigenvalue weighted by Crippen LogP contribution is 2.41. The van der Waals surface area contributed by atoms with Gasteiger partial charge in [0.05, 0.1) is 35.1 Å². The Kier molecular flexibility index (Phi) is 6.22. The molecule has 1 heterocycles. The highest BCUT2D eigenvalue weighted by molar-refractivity contribution is 9.10. The van der Waals surface area contributed by atoms with Crippen molar-refractivity contribution >= 4 is 15.9 Å². The quantitative estimate of drug-likeness (QED) is 0.735. The largest absolute Gasteiger partial charge is 0.376 e. The second kappa shape index (κ2) is 7.72. The van der Waals surface area contributed by atoms with E-state index in [1.165, 1.54) is 18.5 Å². The van der Waals surface area contributed by atoms with Gasteiger partial charge >= 0.3 is 0 Å². The number of halogens is 1. The van der Waals surface area contributed by atoms with Crippen molar-refractivity contribution in [2.75, 3.05) is 34.3 Å². The standard InChI is InChI=1S/C15H27BrN4O/c1-5-21-15(11-6-7-11)13(17-2)14-12(16)10-18-20(14)9-8-19(3)4/h10-11,13,15,17H,5-9H2,1-4H3. The van der Waals surface area contributed by atoms with Gasteiger partial charge < -0.3 is 15.0 Å². The molecule has 0 spiro atoms. The number of hydrogen-bond donors (Lipinski definition) is 1. The molecule has 21 heavy (non-hydrogen) atoms. The SMILES string of the molecule is CCOC(C1CC1)C(NC)c1c(Br)cnn1CCN(C)C. The highest BCUT2D eigenvalue weighted by atomic mass is 79.9. The second-order valence-corrected chi connectivity index (χ2v) is 6.78. The van der Waals surface area contributed by atoms with Gasteiger partial charge in [-0.2, -0.15) is 5.10 Å². The first-order chi connectivity index (χ1) is 10.1. The maximum Gasteiger partial charge on any atom is 0.0813 e. The molecule has 0 aromatic carbocycles. The van der Waals surface area contributed by atoms with Crippen LogP contribution < -0.4 is 5.32 Å². The molecule has 1 fully saturated rings. The zero-order valence-corrected chi connectivity index (χ0v) is 15.1. The van der Waals surface area contributed by atoms with E-state index in [4.69, 9.17) is 4.74 Å². The molecule has 0 saturated heterocycles. The number of aromatic nitrogens is 2. The van der Waals surface area contributed by atoms with Crippen molar-refractivity contribution in [3.63, 3.8) is 0 Å². The van der Waals surface area contributed by atoms with Gasteiger partial charge in [0, 0.05) is 13.2 Å². The second-order valence-electron chi connectivity index (χ2n) is 5.93. The summed E-state index contributed by atoms with van der Waals surface area (Å²) in [5, 5.41) is 7.98. The van der Waals surface area contributed by atoms with Gasteiger partial charge in [0.25, 0.3) is 0 Å². The first-order valence-corrected chi connectivity index (χ1v) is 8.52. The average Bonchev–Trinajstić information content (AvgIpc) is 3.22. The topological polar surface area (TPSA) is 42.3 Å². The van der Waals surface area contributed by atoms with Crippen LogP contribution in [0.1, 0.15) is 31.5 Å². The van der Waals surface area contributed by atoms with Gasteiger partial charge in [-0.25, -0.2) is 0 Å². The summed E-state index contributed by atoms with van der Waals surface area (Å²) >= 11 is 3.66. The van der Waals surface area contributed by atoms with Crippen LogP contribution in [-0.4, -0.2) is 55.1 Å². The van der Waals surface area contributed by atoms with Crippen molar-refractivity contribution in [3.8, 4) is 0 Å². The van der Waals surface area contributed by atoms with Crippen molar-refractivity contribution in [3.05, 3.63) is 16.4 Å². The van der Waals surface area contributed by atoms with Gasteiger partial charge in [-0.3, -0.25) is 4.68 Å². The Hall–Kier alpha value is -0.430. The number of likely N-dealkylation sites (N-methyl/N-ethyl adjacent to an activating group) is 2. The summed E-state index contributed by atoms with van der Waals surface area (Å²) in [5.41, 5.74) is 1.20. The molecule has 6 heteroatoms. The predicted molar refractivity (Wildman–Crippen MR) is 88.4 cm³/mol. The van der Waals surface area contributed by atoms with Crippen LogP contribution in [0.2, 0.25) is 0 Å². The molecule has 1 N–H and O–H groups in total. The monoisotopic (exact) mass is 358 g/mol. The van der Waals surface area contributed by atoms with Crippen LogP contribution in [0.3, 0.4) is 0 Å². The Morgan fingerprint density at radius 2 is 2.24 bits per heavy atom. The van der Waals surface area contributed by atoms with Crippen molar-refractivity contribution in [1.29, 1.82) is 0 Å². The van der Waals surface area contributed by atoms with Crippen LogP contribution in [0, 0.1) is 5.92 Å².